The molecule has 0 aliphatic rings. The van der Waals surface area contributed by atoms with Crippen molar-refractivity contribution in [2.24, 2.45) is 0 Å². The van der Waals surface area contributed by atoms with E-state index < -0.39 is 18.2 Å². The van der Waals surface area contributed by atoms with Crippen LogP contribution in [-0.2, 0) is 0 Å². The molecule has 98 valence electrons. The molecule has 2 atom stereocenters. The number of benzene rings is 1. The van der Waals surface area contributed by atoms with Crippen LogP contribution < -0.4 is 0 Å². The van der Waals surface area contributed by atoms with Crippen molar-refractivity contribution in [3.8, 4) is 6.07 Å². The molecule has 2 aromatic rings. The number of aromatic carboxylic acids is 1. The third kappa shape index (κ3) is 2.42. The van der Waals surface area contributed by atoms with Crippen molar-refractivity contribution in [3.05, 3.63) is 35.5 Å². The Hall–Kier alpha value is -2.36. The molecule has 1 aromatic carbocycles. The molecule has 0 saturated heterocycles. The summed E-state index contributed by atoms with van der Waals surface area (Å²) < 4.78 is 0. The minimum absolute atomic E-state index is 0.0961. The number of nitrogens with zero attached hydrogens (tertiary/aromatic N) is 1. The van der Waals surface area contributed by atoms with Gasteiger partial charge in [-0.25, -0.2) is 4.79 Å². The summed E-state index contributed by atoms with van der Waals surface area (Å²) in [4.78, 5) is 13.8. The highest BCUT2D eigenvalue weighted by atomic mass is 16.4. The molecule has 1 heterocycles. The Morgan fingerprint density at radius 3 is 2.79 bits per heavy atom. The SMILES string of the molecule is N#CCC(O)C(O)c1ccc2[nH]cc(C(=O)O)c2c1. The van der Waals surface area contributed by atoms with E-state index in [-0.39, 0.29) is 12.0 Å². The first-order valence-electron chi connectivity index (χ1n) is 5.62. The summed E-state index contributed by atoms with van der Waals surface area (Å²) in [6.45, 7) is 0. The molecule has 0 radical (unpaired) electrons. The average Bonchev–Trinajstić information content (AvgIpc) is 2.80. The summed E-state index contributed by atoms with van der Waals surface area (Å²) in [6, 6.07) is 6.47. The van der Waals surface area contributed by atoms with E-state index in [1.165, 1.54) is 12.3 Å². The van der Waals surface area contributed by atoms with Gasteiger partial charge in [0.25, 0.3) is 0 Å². The Labute approximate surface area is 108 Å². The van der Waals surface area contributed by atoms with Crippen LogP contribution in [0.1, 0.15) is 28.4 Å². The molecule has 2 rings (SSSR count). The number of aromatic nitrogens is 1. The zero-order valence-corrected chi connectivity index (χ0v) is 9.87. The van der Waals surface area contributed by atoms with Gasteiger partial charge in [0, 0.05) is 17.1 Å². The van der Waals surface area contributed by atoms with Crippen molar-refractivity contribution < 1.29 is 20.1 Å². The van der Waals surface area contributed by atoms with Crippen molar-refractivity contribution in [3.63, 3.8) is 0 Å². The number of aliphatic hydroxyl groups is 2. The number of rotatable bonds is 4. The van der Waals surface area contributed by atoms with Crippen LogP contribution in [0, 0.1) is 11.3 Å². The number of carboxylic acids is 1. The highest BCUT2D eigenvalue weighted by molar-refractivity contribution is 6.03. The van der Waals surface area contributed by atoms with Crippen LogP contribution in [0.15, 0.2) is 24.4 Å². The summed E-state index contributed by atoms with van der Waals surface area (Å²) in [5.41, 5.74) is 1.10. The van der Waals surface area contributed by atoms with Crippen molar-refractivity contribution in [1.29, 1.82) is 5.26 Å². The molecule has 0 amide bonds. The second-order valence-electron chi connectivity index (χ2n) is 4.19. The Balaban J connectivity index is 2.43. The number of nitrogens with one attached hydrogen (secondary N) is 1. The van der Waals surface area contributed by atoms with Crippen LogP contribution >= 0.6 is 0 Å². The number of aromatic amines is 1. The van der Waals surface area contributed by atoms with Gasteiger partial charge in [-0.15, -0.1) is 0 Å². The second-order valence-corrected chi connectivity index (χ2v) is 4.19. The van der Waals surface area contributed by atoms with Gasteiger partial charge >= 0.3 is 5.97 Å². The summed E-state index contributed by atoms with van der Waals surface area (Å²) in [6.07, 6.45) is -1.25. The van der Waals surface area contributed by atoms with E-state index in [0.29, 0.717) is 16.5 Å². The Kier molecular flexibility index (Phi) is 3.51. The molecule has 6 heteroatoms. The Morgan fingerprint density at radius 2 is 2.16 bits per heavy atom. The smallest absolute Gasteiger partial charge is 0.337 e. The lowest BCUT2D eigenvalue weighted by atomic mass is 10.00. The van der Waals surface area contributed by atoms with Crippen LogP contribution in [0.5, 0.6) is 0 Å². The minimum atomic E-state index is -1.22. The number of carbonyl (C=O) groups is 1. The highest BCUT2D eigenvalue weighted by Crippen LogP contribution is 2.25. The molecular formula is C13H12N2O4. The molecule has 0 aliphatic carbocycles. The van der Waals surface area contributed by atoms with Crippen LogP contribution in [0.3, 0.4) is 0 Å². The van der Waals surface area contributed by atoms with Crippen molar-refractivity contribution >= 4 is 16.9 Å². The monoisotopic (exact) mass is 260 g/mol. The van der Waals surface area contributed by atoms with Gasteiger partial charge in [0.1, 0.15) is 6.10 Å². The first-order valence-corrected chi connectivity index (χ1v) is 5.62. The summed E-state index contributed by atoms with van der Waals surface area (Å²) >= 11 is 0. The number of nitriles is 1. The molecular weight excluding hydrogens is 248 g/mol. The third-order valence-corrected chi connectivity index (χ3v) is 2.94. The van der Waals surface area contributed by atoms with Gasteiger partial charge in [-0.2, -0.15) is 5.26 Å². The maximum absolute atomic E-state index is 11.0. The van der Waals surface area contributed by atoms with Crippen molar-refractivity contribution in [2.45, 2.75) is 18.6 Å². The van der Waals surface area contributed by atoms with Crippen molar-refractivity contribution in [2.75, 3.05) is 0 Å². The van der Waals surface area contributed by atoms with Crippen LogP contribution in [0.4, 0.5) is 0 Å². The molecule has 6 nitrogen and oxygen atoms in total. The molecule has 0 bridgehead atoms. The van der Waals surface area contributed by atoms with E-state index in [0.717, 1.165) is 0 Å². The van der Waals surface area contributed by atoms with Gasteiger partial charge in [-0.1, -0.05) is 6.07 Å². The van der Waals surface area contributed by atoms with Crippen molar-refractivity contribution in [1.82, 2.24) is 4.98 Å². The fourth-order valence-electron chi connectivity index (χ4n) is 1.93. The number of hydrogen-bond acceptors (Lipinski definition) is 4. The fraction of sp³-hybridized carbons (Fsp3) is 0.231. The molecule has 1 aromatic heterocycles. The number of hydrogen-bond donors (Lipinski definition) is 4. The first-order chi connectivity index (χ1) is 9.04. The number of H-pyrrole nitrogens is 1. The van der Waals surface area contributed by atoms with E-state index in [4.69, 9.17) is 10.4 Å². The average molecular weight is 260 g/mol. The highest BCUT2D eigenvalue weighted by Gasteiger charge is 2.19. The van der Waals surface area contributed by atoms with Crippen LogP contribution in [0.25, 0.3) is 10.9 Å². The quantitative estimate of drug-likeness (QED) is 0.658. The normalized spacial score (nSPS) is 13.9. The van der Waals surface area contributed by atoms with E-state index in [1.807, 2.05) is 0 Å². The molecule has 4 N–H and O–H groups in total. The zero-order valence-electron chi connectivity index (χ0n) is 9.87. The predicted molar refractivity (Wildman–Crippen MR) is 66.5 cm³/mol. The van der Waals surface area contributed by atoms with Gasteiger partial charge in [0.05, 0.1) is 24.2 Å². The van der Waals surface area contributed by atoms with Gasteiger partial charge in [0.2, 0.25) is 0 Å². The number of carboxylic acid groups (broad SMARTS) is 1. The second kappa shape index (κ2) is 5.10. The summed E-state index contributed by atoms with van der Waals surface area (Å²) in [5.74, 6) is -1.07. The Bertz CT molecular complexity index is 656. The summed E-state index contributed by atoms with van der Waals surface area (Å²) in [5, 5.41) is 37.4. The molecule has 0 aliphatic heterocycles. The van der Waals surface area contributed by atoms with E-state index in [1.54, 1.807) is 18.2 Å². The zero-order chi connectivity index (χ0) is 14.0. The standard InChI is InChI=1S/C13H12N2O4/c14-4-3-11(16)12(17)7-1-2-10-8(5-7)9(6-15-10)13(18)19/h1-2,5-6,11-12,15-17H,3H2,(H,18,19). The first kappa shape index (κ1) is 13.1. The van der Waals surface area contributed by atoms with Gasteiger partial charge in [0.15, 0.2) is 0 Å². The molecule has 19 heavy (non-hydrogen) atoms. The molecule has 0 spiro atoms. The summed E-state index contributed by atoms with van der Waals surface area (Å²) in [7, 11) is 0. The van der Waals surface area contributed by atoms with Gasteiger partial charge in [-0.3, -0.25) is 0 Å². The lowest BCUT2D eigenvalue weighted by molar-refractivity contribution is 0.0217. The molecule has 0 saturated carbocycles. The predicted octanol–water partition coefficient (Wildman–Crippen LogP) is 1.17. The molecule has 0 fully saturated rings. The largest absolute Gasteiger partial charge is 0.478 e. The number of aliphatic hydroxyl groups excluding tert-OH is 2. The van der Waals surface area contributed by atoms with Gasteiger partial charge in [-0.05, 0) is 17.7 Å². The lowest BCUT2D eigenvalue weighted by Crippen LogP contribution is -2.17. The topological polar surface area (TPSA) is 117 Å². The van der Waals surface area contributed by atoms with Crippen LogP contribution in [-0.4, -0.2) is 32.4 Å². The van der Waals surface area contributed by atoms with E-state index >= 15 is 0 Å². The maximum Gasteiger partial charge on any atom is 0.337 e. The van der Waals surface area contributed by atoms with E-state index in [2.05, 4.69) is 4.98 Å². The van der Waals surface area contributed by atoms with Crippen LogP contribution in [0.2, 0.25) is 0 Å². The minimum Gasteiger partial charge on any atom is -0.478 e. The Morgan fingerprint density at radius 1 is 1.42 bits per heavy atom. The lowest BCUT2D eigenvalue weighted by Gasteiger charge is -2.15. The molecule has 2 unspecified atom stereocenters. The fourth-order valence-corrected chi connectivity index (χ4v) is 1.93. The number of fused-ring (bicyclic) bond motifs is 1. The maximum atomic E-state index is 11.0. The third-order valence-electron chi connectivity index (χ3n) is 2.94. The van der Waals surface area contributed by atoms with E-state index in [9.17, 15) is 15.0 Å². The van der Waals surface area contributed by atoms with Gasteiger partial charge < -0.3 is 20.3 Å².